The van der Waals surface area contributed by atoms with Crippen molar-refractivity contribution in [3.8, 4) is 6.07 Å². The van der Waals surface area contributed by atoms with Gasteiger partial charge in [0.05, 0.1) is 6.07 Å². The molecule has 0 aliphatic rings. The van der Waals surface area contributed by atoms with Crippen LogP contribution in [-0.2, 0) is 0 Å². The Balaban J connectivity index is 3.27. The second kappa shape index (κ2) is 6.53. The summed E-state index contributed by atoms with van der Waals surface area (Å²) in [7, 11) is 0. The summed E-state index contributed by atoms with van der Waals surface area (Å²) in [6.07, 6.45) is 0.435. The maximum atomic E-state index is 11.6. The lowest BCUT2D eigenvalue weighted by Crippen LogP contribution is -2.00. The van der Waals surface area contributed by atoms with Crippen molar-refractivity contribution in [3.63, 3.8) is 0 Å². The predicted octanol–water partition coefficient (Wildman–Crippen LogP) is 3.58. The highest BCUT2D eigenvalue weighted by molar-refractivity contribution is 4.88. The van der Waals surface area contributed by atoms with E-state index in [0.29, 0.717) is 19.3 Å². The lowest BCUT2D eigenvalue weighted by Gasteiger charge is -1.97. The average Bonchev–Trinajstić information content (AvgIpc) is 2.01. The molecule has 4 heteroatoms. The van der Waals surface area contributed by atoms with Gasteiger partial charge in [-0.15, -0.1) is 0 Å². The number of hydrogen-bond donors (Lipinski definition) is 0. The van der Waals surface area contributed by atoms with Crippen LogP contribution in [0.4, 0.5) is 13.2 Å². The Morgan fingerprint density at radius 1 is 1.15 bits per heavy atom. The van der Waals surface area contributed by atoms with Crippen LogP contribution in [0.1, 0.15) is 32.1 Å². The lowest BCUT2D eigenvalue weighted by molar-refractivity contribution is -0.0800. The highest BCUT2D eigenvalue weighted by Gasteiger charge is 2.21. The van der Waals surface area contributed by atoms with Gasteiger partial charge in [-0.1, -0.05) is 12.5 Å². The Morgan fingerprint density at radius 3 is 2.38 bits per heavy atom. The Morgan fingerprint density at radius 2 is 1.85 bits per heavy atom. The first-order valence-electron chi connectivity index (χ1n) is 4.17. The SMILES string of the molecule is N#CCCCCCC=CC(F)(F)F. The molecule has 0 fully saturated rings. The van der Waals surface area contributed by atoms with Crippen molar-refractivity contribution in [1.29, 1.82) is 5.26 Å². The van der Waals surface area contributed by atoms with Gasteiger partial charge in [-0.25, -0.2) is 0 Å². The molecule has 0 saturated carbocycles. The normalized spacial score (nSPS) is 11.8. The molecule has 0 saturated heterocycles. The highest BCUT2D eigenvalue weighted by Crippen LogP contribution is 2.16. The third kappa shape index (κ3) is 11.0. The monoisotopic (exact) mass is 191 g/mol. The molecule has 0 atom stereocenters. The molecule has 0 unspecified atom stereocenters. The van der Waals surface area contributed by atoms with E-state index in [1.165, 1.54) is 0 Å². The van der Waals surface area contributed by atoms with Crippen LogP contribution in [-0.4, -0.2) is 6.18 Å². The molecule has 0 aliphatic carbocycles. The van der Waals surface area contributed by atoms with E-state index in [2.05, 4.69) is 0 Å². The molecule has 0 aromatic carbocycles. The summed E-state index contributed by atoms with van der Waals surface area (Å²) >= 11 is 0. The number of unbranched alkanes of at least 4 members (excludes halogenated alkanes) is 4. The van der Waals surface area contributed by atoms with Gasteiger partial charge in [-0.3, -0.25) is 0 Å². The predicted molar refractivity (Wildman–Crippen MR) is 43.9 cm³/mol. The fraction of sp³-hybridized carbons (Fsp3) is 0.667. The highest BCUT2D eigenvalue weighted by atomic mass is 19.4. The van der Waals surface area contributed by atoms with Gasteiger partial charge in [0.2, 0.25) is 0 Å². The summed E-state index contributed by atoms with van der Waals surface area (Å²) in [4.78, 5) is 0. The first-order chi connectivity index (χ1) is 6.06. The number of allylic oxidation sites excluding steroid dienone is 2. The molecular formula is C9H12F3N. The molecule has 0 radical (unpaired) electrons. The van der Waals surface area contributed by atoms with Crippen LogP contribution in [0.2, 0.25) is 0 Å². The van der Waals surface area contributed by atoms with E-state index in [1.54, 1.807) is 0 Å². The fourth-order valence-corrected chi connectivity index (χ4v) is 0.860. The summed E-state index contributed by atoms with van der Waals surface area (Å²) in [5.41, 5.74) is 0. The third-order valence-electron chi connectivity index (χ3n) is 1.47. The van der Waals surface area contributed by atoms with E-state index < -0.39 is 6.18 Å². The Labute approximate surface area is 75.9 Å². The lowest BCUT2D eigenvalue weighted by atomic mass is 10.1. The number of rotatable bonds is 5. The van der Waals surface area contributed by atoms with Gasteiger partial charge < -0.3 is 0 Å². The van der Waals surface area contributed by atoms with Crippen LogP contribution in [0.25, 0.3) is 0 Å². The van der Waals surface area contributed by atoms with Crippen molar-refractivity contribution in [2.45, 2.75) is 38.3 Å². The van der Waals surface area contributed by atoms with Gasteiger partial charge in [-0.05, 0) is 19.3 Å². The standard InChI is InChI=1S/C9H12F3N/c10-9(11,12)7-5-3-1-2-4-6-8-13/h5,7H,1-4,6H2. The Bertz CT molecular complexity index is 188. The molecule has 0 N–H and O–H groups in total. The van der Waals surface area contributed by atoms with E-state index >= 15 is 0 Å². The topological polar surface area (TPSA) is 23.8 Å². The number of nitrogens with zero attached hydrogens (tertiary/aromatic N) is 1. The zero-order valence-electron chi connectivity index (χ0n) is 7.27. The molecule has 0 bridgehead atoms. The minimum absolute atomic E-state index is 0.261. The molecule has 74 valence electrons. The zero-order valence-corrected chi connectivity index (χ0v) is 7.27. The molecule has 0 rings (SSSR count). The van der Waals surface area contributed by atoms with Crippen molar-refractivity contribution >= 4 is 0 Å². The molecule has 0 aliphatic heterocycles. The van der Waals surface area contributed by atoms with Gasteiger partial charge in [0, 0.05) is 12.5 Å². The van der Waals surface area contributed by atoms with Crippen molar-refractivity contribution < 1.29 is 13.2 Å². The summed E-state index contributed by atoms with van der Waals surface area (Å²) in [5.74, 6) is 0. The second-order valence-electron chi connectivity index (χ2n) is 2.70. The van der Waals surface area contributed by atoms with Crippen molar-refractivity contribution in [2.75, 3.05) is 0 Å². The summed E-state index contributed by atoms with van der Waals surface area (Å²) < 4.78 is 34.7. The van der Waals surface area contributed by atoms with Crippen LogP contribution in [0.15, 0.2) is 12.2 Å². The largest absolute Gasteiger partial charge is 0.409 e. The summed E-state index contributed by atoms with van der Waals surface area (Å²) in [6, 6.07) is 1.98. The van der Waals surface area contributed by atoms with Crippen LogP contribution in [0.3, 0.4) is 0 Å². The number of hydrogen-bond acceptors (Lipinski definition) is 1. The van der Waals surface area contributed by atoms with Gasteiger partial charge in [0.15, 0.2) is 0 Å². The molecule has 0 aromatic rings. The van der Waals surface area contributed by atoms with Crippen LogP contribution in [0, 0.1) is 11.3 Å². The first kappa shape index (κ1) is 12.0. The smallest absolute Gasteiger partial charge is 0.198 e. The van der Waals surface area contributed by atoms with E-state index in [0.717, 1.165) is 18.9 Å². The number of alkyl halides is 3. The minimum atomic E-state index is -4.19. The second-order valence-corrected chi connectivity index (χ2v) is 2.70. The van der Waals surface area contributed by atoms with E-state index in [4.69, 9.17) is 5.26 Å². The molecule has 0 amide bonds. The molecular weight excluding hydrogens is 179 g/mol. The van der Waals surface area contributed by atoms with Crippen molar-refractivity contribution in [3.05, 3.63) is 12.2 Å². The van der Waals surface area contributed by atoms with E-state index in [1.807, 2.05) is 6.07 Å². The van der Waals surface area contributed by atoms with Crippen molar-refractivity contribution in [2.24, 2.45) is 0 Å². The molecule has 0 aromatic heterocycles. The Hall–Kier alpha value is -0.980. The van der Waals surface area contributed by atoms with Gasteiger partial charge >= 0.3 is 6.18 Å². The third-order valence-corrected chi connectivity index (χ3v) is 1.47. The molecule has 0 heterocycles. The first-order valence-corrected chi connectivity index (χ1v) is 4.17. The molecule has 0 spiro atoms. The molecule has 1 nitrogen and oxygen atoms in total. The van der Waals surface area contributed by atoms with E-state index in [-0.39, 0.29) is 6.08 Å². The van der Waals surface area contributed by atoms with Crippen LogP contribution >= 0.6 is 0 Å². The van der Waals surface area contributed by atoms with Gasteiger partial charge in [0.1, 0.15) is 0 Å². The van der Waals surface area contributed by atoms with Gasteiger partial charge in [0.25, 0.3) is 0 Å². The maximum absolute atomic E-state index is 11.6. The van der Waals surface area contributed by atoms with E-state index in [9.17, 15) is 13.2 Å². The van der Waals surface area contributed by atoms with Crippen molar-refractivity contribution in [1.82, 2.24) is 0 Å². The van der Waals surface area contributed by atoms with Crippen LogP contribution < -0.4 is 0 Å². The summed E-state index contributed by atoms with van der Waals surface area (Å²) in [6.45, 7) is 0. The van der Waals surface area contributed by atoms with Gasteiger partial charge in [-0.2, -0.15) is 18.4 Å². The fourth-order valence-electron chi connectivity index (χ4n) is 0.860. The zero-order chi connectivity index (χ0) is 10.2. The quantitative estimate of drug-likeness (QED) is 0.481. The average molecular weight is 191 g/mol. The Kier molecular flexibility index (Phi) is 6.03. The summed E-state index contributed by atoms with van der Waals surface area (Å²) in [5, 5.41) is 8.16. The number of halogens is 3. The minimum Gasteiger partial charge on any atom is -0.198 e. The molecule has 13 heavy (non-hydrogen) atoms. The van der Waals surface area contributed by atoms with Crippen LogP contribution in [0.5, 0.6) is 0 Å². The maximum Gasteiger partial charge on any atom is 0.409 e. The number of nitriles is 1.